The van der Waals surface area contributed by atoms with E-state index < -0.39 is 17.8 Å². The van der Waals surface area contributed by atoms with Crippen LogP contribution in [0.2, 0.25) is 0 Å². The van der Waals surface area contributed by atoms with Crippen LogP contribution in [0, 0.1) is 6.92 Å². The molecule has 140 valence electrons. The van der Waals surface area contributed by atoms with Crippen LogP contribution in [0.5, 0.6) is 0 Å². The fourth-order valence-electron chi connectivity index (χ4n) is 2.63. The molecule has 0 aliphatic rings. The number of aromatic nitrogens is 2. The minimum Gasteiger partial charge on any atom is -0.307 e. The molecule has 5 nitrogen and oxygen atoms in total. The Bertz CT molecular complexity index is 936. The van der Waals surface area contributed by atoms with Gasteiger partial charge in [0.25, 0.3) is 0 Å². The molecule has 3 aromatic rings. The summed E-state index contributed by atoms with van der Waals surface area (Å²) in [7, 11) is 0. The monoisotopic (exact) mass is 374 g/mol. The Labute approximate surface area is 153 Å². The summed E-state index contributed by atoms with van der Waals surface area (Å²) >= 11 is 0. The molecule has 3 rings (SSSR count). The van der Waals surface area contributed by atoms with Crippen LogP contribution >= 0.6 is 0 Å². The third-order valence-corrected chi connectivity index (χ3v) is 3.80. The average Bonchev–Trinajstić information content (AvgIpc) is 2.94. The summed E-state index contributed by atoms with van der Waals surface area (Å²) in [6.45, 7) is 2.19. The highest BCUT2D eigenvalue weighted by Gasteiger charge is 2.33. The van der Waals surface area contributed by atoms with Crippen molar-refractivity contribution in [1.82, 2.24) is 9.78 Å². The lowest BCUT2D eigenvalue weighted by molar-refractivity contribution is -0.136. The summed E-state index contributed by atoms with van der Waals surface area (Å²) in [5.41, 5.74) is 0.436. The lowest BCUT2D eigenvalue weighted by Crippen LogP contribution is -2.23. The summed E-state index contributed by atoms with van der Waals surface area (Å²) in [5.74, 6) is 0.387. The van der Waals surface area contributed by atoms with E-state index in [1.165, 1.54) is 18.2 Å². The largest absolute Gasteiger partial charge is 0.418 e. The first-order valence-electron chi connectivity index (χ1n) is 8.15. The number of aryl methyl sites for hydroxylation is 1. The highest BCUT2D eigenvalue weighted by atomic mass is 19.4. The molecule has 0 atom stereocenters. The normalized spacial score (nSPS) is 11.3. The maximum atomic E-state index is 13.0. The van der Waals surface area contributed by atoms with Gasteiger partial charge in [0.1, 0.15) is 5.82 Å². The molecule has 2 aromatic carbocycles. The topological polar surface area (TPSA) is 59.0 Å². The molecule has 27 heavy (non-hydrogen) atoms. The predicted molar refractivity (Wildman–Crippen MR) is 96.6 cm³/mol. The summed E-state index contributed by atoms with van der Waals surface area (Å²) in [6, 6.07) is 15.2. The van der Waals surface area contributed by atoms with Gasteiger partial charge in [-0.2, -0.15) is 18.3 Å². The number of carbonyl (C=O) groups excluding carboxylic acids is 1. The van der Waals surface area contributed by atoms with E-state index in [-0.39, 0.29) is 5.69 Å². The van der Waals surface area contributed by atoms with Crippen molar-refractivity contribution in [1.29, 1.82) is 0 Å². The van der Waals surface area contributed by atoms with Crippen LogP contribution in [0.3, 0.4) is 0 Å². The fourth-order valence-corrected chi connectivity index (χ4v) is 2.63. The van der Waals surface area contributed by atoms with E-state index in [9.17, 15) is 18.0 Å². The number of nitrogens with one attached hydrogen (secondary N) is 2. The molecular weight excluding hydrogens is 357 g/mol. The van der Waals surface area contributed by atoms with Crippen LogP contribution in [0.25, 0.3) is 0 Å². The molecule has 1 aromatic heterocycles. The molecule has 0 saturated carbocycles. The van der Waals surface area contributed by atoms with Crippen LogP contribution in [0.4, 0.5) is 29.5 Å². The van der Waals surface area contributed by atoms with Gasteiger partial charge in [-0.1, -0.05) is 42.5 Å². The molecule has 1 heterocycles. The highest BCUT2D eigenvalue weighted by molar-refractivity contribution is 5.99. The lowest BCUT2D eigenvalue weighted by atomic mass is 10.1. The van der Waals surface area contributed by atoms with Gasteiger partial charge in [-0.3, -0.25) is 5.32 Å². The van der Waals surface area contributed by atoms with E-state index in [1.54, 1.807) is 17.7 Å². The van der Waals surface area contributed by atoms with Crippen LogP contribution in [-0.2, 0) is 12.7 Å². The van der Waals surface area contributed by atoms with Gasteiger partial charge in [-0.25, -0.2) is 9.48 Å². The molecule has 0 aliphatic carbocycles. The molecule has 0 aliphatic heterocycles. The van der Waals surface area contributed by atoms with Crippen LogP contribution < -0.4 is 10.6 Å². The zero-order valence-electron chi connectivity index (χ0n) is 14.4. The second-order valence-corrected chi connectivity index (χ2v) is 5.94. The van der Waals surface area contributed by atoms with Crippen LogP contribution in [0.1, 0.15) is 16.8 Å². The molecule has 0 spiro atoms. The lowest BCUT2D eigenvalue weighted by Gasteiger charge is -2.14. The minimum atomic E-state index is -4.56. The second-order valence-electron chi connectivity index (χ2n) is 5.94. The van der Waals surface area contributed by atoms with Gasteiger partial charge in [-0.15, -0.1) is 0 Å². The van der Waals surface area contributed by atoms with E-state index in [0.29, 0.717) is 18.1 Å². The summed E-state index contributed by atoms with van der Waals surface area (Å²) < 4.78 is 40.7. The second kappa shape index (κ2) is 7.53. The molecule has 0 saturated heterocycles. The molecular formula is C19H17F3N4O. The number of anilines is 2. The third-order valence-electron chi connectivity index (χ3n) is 3.80. The smallest absolute Gasteiger partial charge is 0.307 e. The van der Waals surface area contributed by atoms with Gasteiger partial charge >= 0.3 is 12.2 Å². The van der Waals surface area contributed by atoms with Crippen molar-refractivity contribution < 1.29 is 18.0 Å². The number of halogens is 3. The number of carbonyl (C=O) groups is 1. The van der Waals surface area contributed by atoms with E-state index >= 15 is 0 Å². The number of para-hydroxylation sites is 1. The van der Waals surface area contributed by atoms with Gasteiger partial charge in [0.2, 0.25) is 0 Å². The molecule has 2 amide bonds. The Morgan fingerprint density at radius 3 is 2.41 bits per heavy atom. The first-order valence-corrected chi connectivity index (χ1v) is 8.15. The maximum absolute atomic E-state index is 13.0. The Hall–Kier alpha value is -3.29. The van der Waals surface area contributed by atoms with Crippen molar-refractivity contribution in [3.05, 3.63) is 77.5 Å². The van der Waals surface area contributed by atoms with Crippen molar-refractivity contribution in [2.45, 2.75) is 19.6 Å². The minimum absolute atomic E-state index is 0.312. The molecule has 2 N–H and O–H groups in total. The zero-order chi connectivity index (χ0) is 19.4. The van der Waals surface area contributed by atoms with Gasteiger partial charge < -0.3 is 5.32 Å². The van der Waals surface area contributed by atoms with Gasteiger partial charge in [0, 0.05) is 6.07 Å². The first-order chi connectivity index (χ1) is 12.8. The Balaban J connectivity index is 1.76. The number of alkyl halides is 3. The quantitative estimate of drug-likeness (QED) is 0.682. The van der Waals surface area contributed by atoms with Crippen LogP contribution in [0.15, 0.2) is 60.7 Å². The number of benzene rings is 2. The standard InChI is InChI=1S/C19H17F3N4O/c1-13-11-17(26(25-13)12-14-7-3-2-4-8-14)24-18(27)23-16-10-6-5-9-15(16)19(20,21)22/h2-11H,12H2,1H3,(H2,23,24,27). The van der Waals surface area contributed by atoms with Crippen molar-refractivity contribution in [3.8, 4) is 0 Å². The molecule has 0 fully saturated rings. The van der Waals surface area contributed by atoms with E-state index in [1.807, 2.05) is 30.3 Å². The summed E-state index contributed by atoms with van der Waals surface area (Å²) in [6.07, 6.45) is -4.56. The summed E-state index contributed by atoms with van der Waals surface area (Å²) in [5, 5.41) is 9.13. The van der Waals surface area contributed by atoms with Gasteiger partial charge in [-0.05, 0) is 24.6 Å². The molecule has 0 unspecified atom stereocenters. The van der Waals surface area contributed by atoms with E-state index in [4.69, 9.17) is 0 Å². The third kappa shape index (κ3) is 4.66. The number of rotatable bonds is 4. The number of nitrogens with zero attached hydrogens (tertiary/aromatic N) is 2. The highest BCUT2D eigenvalue weighted by Crippen LogP contribution is 2.34. The number of hydrogen-bond acceptors (Lipinski definition) is 2. The maximum Gasteiger partial charge on any atom is 0.418 e. The summed E-state index contributed by atoms with van der Waals surface area (Å²) in [4.78, 5) is 12.2. The Kier molecular flexibility index (Phi) is 5.16. The van der Waals surface area contributed by atoms with Crippen molar-refractivity contribution in [3.63, 3.8) is 0 Å². The average molecular weight is 374 g/mol. The SMILES string of the molecule is Cc1cc(NC(=O)Nc2ccccc2C(F)(F)F)n(Cc2ccccc2)n1. The number of urea groups is 1. The molecule has 0 radical (unpaired) electrons. The zero-order valence-corrected chi connectivity index (χ0v) is 14.4. The fraction of sp³-hybridized carbons (Fsp3) is 0.158. The Morgan fingerprint density at radius 2 is 1.70 bits per heavy atom. The van der Waals surface area contributed by atoms with E-state index in [2.05, 4.69) is 15.7 Å². The van der Waals surface area contributed by atoms with Gasteiger partial charge in [0.15, 0.2) is 0 Å². The van der Waals surface area contributed by atoms with Gasteiger partial charge in [0.05, 0.1) is 23.5 Å². The molecule has 0 bridgehead atoms. The number of hydrogen-bond donors (Lipinski definition) is 2. The number of amides is 2. The predicted octanol–water partition coefficient (Wildman–Crippen LogP) is 4.90. The first kappa shape index (κ1) is 18.5. The molecule has 8 heteroatoms. The van der Waals surface area contributed by atoms with Crippen molar-refractivity contribution in [2.75, 3.05) is 10.6 Å². The van der Waals surface area contributed by atoms with Crippen LogP contribution in [-0.4, -0.2) is 15.8 Å². The van der Waals surface area contributed by atoms with E-state index in [0.717, 1.165) is 11.6 Å². The van der Waals surface area contributed by atoms with Crippen molar-refractivity contribution >= 4 is 17.5 Å². The Morgan fingerprint density at radius 1 is 1.04 bits per heavy atom. The van der Waals surface area contributed by atoms with Crippen molar-refractivity contribution in [2.24, 2.45) is 0 Å².